The summed E-state index contributed by atoms with van der Waals surface area (Å²) in [6.07, 6.45) is 0.664. The van der Waals surface area contributed by atoms with Gasteiger partial charge in [0.15, 0.2) is 6.61 Å². The number of benzene rings is 2. The lowest BCUT2D eigenvalue weighted by atomic mass is 10.0. The topological polar surface area (TPSA) is 106 Å². The zero-order valence-corrected chi connectivity index (χ0v) is 16.1. The zero-order chi connectivity index (χ0) is 21.0. The van der Waals surface area contributed by atoms with Gasteiger partial charge in [-0.1, -0.05) is 31.2 Å². The zero-order valence-electron chi connectivity index (χ0n) is 16.1. The van der Waals surface area contributed by atoms with E-state index in [1.807, 2.05) is 32.0 Å². The van der Waals surface area contributed by atoms with Crippen LogP contribution in [-0.4, -0.2) is 34.5 Å². The smallest absolute Gasteiger partial charge is 0.339 e. The number of aromatic nitrogens is 1. The second-order valence-corrected chi connectivity index (χ2v) is 6.44. The van der Waals surface area contributed by atoms with Crippen molar-refractivity contribution in [1.29, 1.82) is 0 Å². The predicted molar refractivity (Wildman–Crippen MR) is 108 cm³/mol. The molecule has 0 bridgehead atoms. The lowest BCUT2D eigenvalue weighted by Gasteiger charge is -2.13. The van der Waals surface area contributed by atoms with Crippen molar-refractivity contribution in [2.75, 3.05) is 11.9 Å². The van der Waals surface area contributed by atoms with Gasteiger partial charge in [-0.05, 0) is 43.2 Å². The maximum absolute atomic E-state index is 12.7. The lowest BCUT2D eigenvalue weighted by molar-refractivity contribution is -0.119. The third-order valence-electron chi connectivity index (χ3n) is 4.50. The van der Waals surface area contributed by atoms with E-state index in [0.717, 1.165) is 11.3 Å². The normalized spacial score (nSPS) is 10.6. The van der Waals surface area contributed by atoms with Crippen molar-refractivity contribution in [3.63, 3.8) is 0 Å². The first-order chi connectivity index (χ1) is 13.9. The molecular weight excluding hydrogens is 372 g/mol. The van der Waals surface area contributed by atoms with E-state index in [-0.39, 0.29) is 5.56 Å². The van der Waals surface area contributed by atoms with Gasteiger partial charge >= 0.3 is 11.9 Å². The molecule has 148 valence electrons. The number of nitrogens with zero attached hydrogens (tertiary/aromatic N) is 1. The highest BCUT2D eigenvalue weighted by Crippen LogP contribution is 2.24. The Hall–Kier alpha value is -3.74. The van der Waals surface area contributed by atoms with Crippen molar-refractivity contribution in [2.45, 2.75) is 20.3 Å². The molecule has 0 atom stereocenters. The van der Waals surface area contributed by atoms with Crippen molar-refractivity contribution in [2.24, 2.45) is 0 Å². The van der Waals surface area contributed by atoms with E-state index in [0.29, 0.717) is 28.6 Å². The van der Waals surface area contributed by atoms with Crippen molar-refractivity contribution in [3.05, 3.63) is 70.9 Å². The van der Waals surface area contributed by atoms with Gasteiger partial charge in [-0.15, -0.1) is 0 Å². The SMILES string of the molecule is CCc1nc2ccccc2c(C(=O)OCC(=O)Nc2cccc(C(=O)O)c2)c1C. The molecule has 0 aliphatic rings. The Labute approximate surface area is 167 Å². The van der Waals surface area contributed by atoms with Crippen LogP contribution in [0.4, 0.5) is 5.69 Å². The Kier molecular flexibility index (Phi) is 5.87. The number of fused-ring (bicyclic) bond motifs is 1. The number of esters is 1. The first-order valence-corrected chi connectivity index (χ1v) is 9.09. The van der Waals surface area contributed by atoms with E-state index in [1.165, 1.54) is 18.2 Å². The molecule has 7 heteroatoms. The van der Waals surface area contributed by atoms with Crippen LogP contribution in [0.15, 0.2) is 48.5 Å². The molecule has 2 N–H and O–H groups in total. The van der Waals surface area contributed by atoms with E-state index in [2.05, 4.69) is 10.3 Å². The number of amides is 1. The van der Waals surface area contributed by atoms with E-state index in [4.69, 9.17) is 9.84 Å². The number of nitrogens with one attached hydrogen (secondary N) is 1. The number of carboxylic acids is 1. The summed E-state index contributed by atoms with van der Waals surface area (Å²) in [5, 5.41) is 12.2. The molecule has 29 heavy (non-hydrogen) atoms. The Morgan fingerprint density at radius 3 is 2.59 bits per heavy atom. The molecule has 0 radical (unpaired) electrons. The summed E-state index contributed by atoms with van der Waals surface area (Å²) >= 11 is 0. The van der Waals surface area contributed by atoms with E-state index in [1.54, 1.807) is 12.1 Å². The van der Waals surface area contributed by atoms with Gasteiger partial charge in [0.05, 0.1) is 16.6 Å². The number of hydrogen-bond acceptors (Lipinski definition) is 5. The van der Waals surface area contributed by atoms with Crippen LogP contribution in [-0.2, 0) is 16.0 Å². The fraction of sp³-hybridized carbons (Fsp3) is 0.182. The minimum Gasteiger partial charge on any atom is -0.478 e. The van der Waals surface area contributed by atoms with E-state index in [9.17, 15) is 14.4 Å². The van der Waals surface area contributed by atoms with Crippen molar-refractivity contribution in [1.82, 2.24) is 4.98 Å². The molecule has 7 nitrogen and oxygen atoms in total. The average molecular weight is 392 g/mol. The van der Waals surface area contributed by atoms with Gasteiger partial charge < -0.3 is 15.2 Å². The van der Waals surface area contributed by atoms with Gasteiger partial charge in [0, 0.05) is 16.8 Å². The standard InChI is InChI=1S/C22H20N2O5/c1-3-17-13(2)20(16-9-4-5-10-18(16)24-17)22(28)29-12-19(25)23-15-8-6-7-14(11-15)21(26)27/h4-11H,3,12H2,1-2H3,(H,23,25)(H,26,27). The molecule has 1 heterocycles. The maximum atomic E-state index is 12.7. The quantitative estimate of drug-likeness (QED) is 0.621. The number of carbonyl (C=O) groups is 3. The Bertz CT molecular complexity index is 1110. The maximum Gasteiger partial charge on any atom is 0.339 e. The van der Waals surface area contributed by atoms with Crippen LogP contribution in [0, 0.1) is 6.92 Å². The van der Waals surface area contributed by atoms with Crippen LogP contribution in [0.25, 0.3) is 10.9 Å². The number of hydrogen-bond donors (Lipinski definition) is 2. The highest BCUT2D eigenvalue weighted by Gasteiger charge is 2.19. The molecule has 0 saturated carbocycles. The van der Waals surface area contributed by atoms with Crippen molar-refractivity contribution < 1.29 is 24.2 Å². The molecule has 3 rings (SSSR count). The molecule has 0 aliphatic heterocycles. The minimum absolute atomic E-state index is 0.0470. The van der Waals surface area contributed by atoms with Gasteiger partial charge in [0.25, 0.3) is 5.91 Å². The summed E-state index contributed by atoms with van der Waals surface area (Å²) in [6.45, 7) is 3.28. The third kappa shape index (κ3) is 4.40. The summed E-state index contributed by atoms with van der Waals surface area (Å²) in [6, 6.07) is 13.1. The molecule has 1 aromatic heterocycles. The number of aryl methyl sites for hydroxylation is 1. The molecule has 0 aliphatic carbocycles. The molecule has 2 aromatic carbocycles. The fourth-order valence-corrected chi connectivity index (χ4v) is 3.10. The molecule has 0 fully saturated rings. The second kappa shape index (κ2) is 8.52. The van der Waals surface area contributed by atoms with Gasteiger partial charge in [0.2, 0.25) is 0 Å². The number of rotatable bonds is 6. The van der Waals surface area contributed by atoms with Crippen LogP contribution in [0.1, 0.15) is 38.9 Å². The monoisotopic (exact) mass is 392 g/mol. The highest BCUT2D eigenvalue weighted by molar-refractivity contribution is 6.06. The number of aromatic carboxylic acids is 1. The molecule has 0 saturated heterocycles. The van der Waals surface area contributed by atoms with E-state index < -0.39 is 24.5 Å². The number of anilines is 1. The number of carboxylic acid groups (broad SMARTS) is 1. The average Bonchev–Trinajstić information content (AvgIpc) is 2.71. The first-order valence-electron chi connectivity index (χ1n) is 9.09. The Balaban J connectivity index is 1.76. The first kappa shape index (κ1) is 20.0. The summed E-state index contributed by atoms with van der Waals surface area (Å²) in [4.78, 5) is 40.5. The van der Waals surface area contributed by atoms with Gasteiger partial charge in [-0.3, -0.25) is 9.78 Å². The summed E-state index contributed by atoms with van der Waals surface area (Å²) in [7, 11) is 0. The predicted octanol–water partition coefficient (Wildman–Crippen LogP) is 3.60. The van der Waals surface area contributed by atoms with Crippen LogP contribution < -0.4 is 5.32 Å². The number of carbonyl (C=O) groups excluding carboxylic acids is 2. The highest BCUT2D eigenvalue weighted by atomic mass is 16.5. The van der Waals surface area contributed by atoms with Crippen LogP contribution >= 0.6 is 0 Å². The van der Waals surface area contributed by atoms with E-state index >= 15 is 0 Å². The second-order valence-electron chi connectivity index (χ2n) is 6.44. The summed E-state index contributed by atoms with van der Waals surface area (Å²) in [5.74, 6) is -2.27. The number of ether oxygens (including phenoxy) is 1. The largest absolute Gasteiger partial charge is 0.478 e. The van der Waals surface area contributed by atoms with Crippen LogP contribution in [0.2, 0.25) is 0 Å². The van der Waals surface area contributed by atoms with Crippen LogP contribution in [0.5, 0.6) is 0 Å². The van der Waals surface area contributed by atoms with Crippen molar-refractivity contribution in [3.8, 4) is 0 Å². The van der Waals surface area contributed by atoms with Crippen molar-refractivity contribution >= 4 is 34.4 Å². The third-order valence-corrected chi connectivity index (χ3v) is 4.50. The van der Waals surface area contributed by atoms with Gasteiger partial charge in [-0.2, -0.15) is 0 Å². The summed E-state index contributed by atoms with van der Waals surface area (Å²) in [5.41, 5.74) is 2.97. The molecule has 0 spiro atoms. The Morgan fingerprint density at radius 2 is 1.86 bits per heavy atom. The minimum atomic E-state index is -1.10. The molecular formula is C22H20N2O5. The lowest BCUT2D eigenvalue weighted by Crippen LogP contribution is -2.22. The number of para-hydroxylation sites is 1. The molecule has 1 amide bonds. The Morgan fingerprint density at radius 1 is 1.10 bits per heavy atom. The fourth-order valence-electron chi connectivity index (χ4n) is 3.10. The number of pyridine rings is 1. The summed E-state index contributed by atoms with van der Waals surface area (Å²) < 4.78 is 5.23. The van der Waals surface area contributed by atoms with Gasteiger partial charge in [0.1, 0.15) is 0 Å². The molecule has 3 aromatic rings. The molecule has 0 unspecified atom stereocenters. The van der Waals surface area contributed by atoms with Crippen LogP contribution in [0.3, 0.4) is 0 Å². The van der Waals surface area contributed by atoms with Gasteiger partial charge in [-0.25, -0.2) is 9.59 Å².